The topological polar surface area (TPSA) is 476 Å². The van der Waals surface area contributed by atoms with Crippen LogP contribution in [0.25, 0.3) is 0 Å². The molecule has 22 aliphatic rings. The minimum atomic E-state index is -2.15. The molecule has 0 aromatic heterocycles. The molecular weight excluding hydrogens is 1030 g/mol. The monoisotopic (exact) mass is 1110 g/mol. The number of aliphatic hydroxyl groups excluding tert-OH is 17. The number of benzene rings is 1. The minimum absolute atomic E-state index is 0.141. The van der Waals surface area contributed by atoms with Crippen molar-refractivity contribution in [3.63, 3.8) is 0 Å². The van der Waals surface area contributed by atoms with Crippen LogP contribution in [0.5, 0.6) is 0 Å². The molecule has 0 amide bonds. The molecule has 1 aromatic carbocycles. The smallest absolute Gasteiger partial charge is 0.187 e. The van der Waals surface area contributed by atoms with Crippen LogP contribution in [0.2, 0.25) is 0 Å². The molecule has 18 N–H and O–H groups in total. The van der Waals surface area contributed by atoms with Crippen molar-refractivity contribution in [3.8, 4) is 0 Å². The zero-order chi connectivity index (χ0) is 54.7. The average Bonchev–Trinajstić information content (AvgIpc) is 3.43. The lowest BCUT2D eigenvalue weighted by atomic mass is 9.94. The van der Waals surface area contributed by atoms with Crippen LogP contribution in [-0.4, -0.2) is 324 Å². The van der Waals surface area contributed by atoms with Crippen molar-refractivity contribution in [2.75, 3.05) is 52.8 Å². The number of hydrogen-bond donors (Lipinski definition) is 18. The lowest BCUT2D eigenvalue weighted by Gasteiger charge is -2.51. The second kappa shape index (κ2) is 26.7. The van der Waals surface area contributed by atoms with E-state index in [4.69, 9.17) is 61.6 Å². The molecule has 76 heavy (non-hydrogen) atoms. The summed E-state index contributed by atoms with van der Waals surface area (Å²) in [5.74, 6) is 0. The summed E-state index contributed by atoms with van der Waals surface area (Å²) in [5.41, 5.74) is 0.921. The third-order valence-electron chi connectivity index (χ3n) is 14.4. The number of hydrogen-bond acceptors (Lipinski definition) is 31. The Bertz CT molecular complexity index is 1900. The van der Waals surface area contributed by atoms with Crippen LogP contribution in [0.3, 0.4) is 0 Å². The highest BCUT2D eigenvalue weighted by molar-refractivity contribution is 5.14. The van der Waals surface area contributed by atoms with Gasteiger partial charge in [0, 0.05) is 13.1 Å². The minimum Gasteiger partial charge on any atom is -0.394 e. The number of nitrogens with one attached hydrogen (secondary N) is 1. The molecule has 23 rings (SSSR count). The van der Waals surface area contributed by atoms with Crippen LogP contribution >= 0.6 is 0 Å². The molecule has 22 aliphatic heterocycles. The van der Waals surface area contributed by atoms with Gasteiger partial charge in [0.05, 0.1) is 46.2 Å². The summed E-state index contributed by atoms with van der Waals surface area (Å²) in [5, 5.41) is 192. The van der Waals surface area contributed by atoms with Crippen molar-refractivity contribution in [2.24, 2.45) is 0 Å². The molecule has 0 aliphatic carbocycles. The SMILES string of the molecule is OC[C@H]1O[C@@H]2O[C@H]3[C@H](O)[C@@H](O)[C@@H](O[C@H]4[C@H](O)[C@@H](O)[C@@H](O[C@H]5[C@H](O)[C@H](OCCNCc6ccccc6)[C@@H](O[C@H]6[C@H](O)[C@@H](O)[C@@H](O[C@H]7[C@H](O)[C@@H](O)[C@@H](O[C@H]1[C@H](O)[C@H]2O)O[C@@H]7CO)O[C@@H]6CO)O[C@@H]5CO)O[C@@H]4CO)O[C@@H]3CO. The van der Waals surface area contributed by atoms with Gasteiger partial charge in [0.15, 0.2) is 37.7 Å². The molecule has 22 heterocycles. The molecule has 22 fully saturated rings. The van der Waals surface area contributed by atoms with Crippen molar-refractivity contribution in [1.82, 2.24) is 5.32 Å². The van der Waals surface area contributed by atoms with Crippen molar-refractivity contribution < 1.29 is 148 Å². The van der Waals surface area contributed by atoms with Crippen molar-refractivity contribution >= 4 is 0 Å². The van der Waals surface area contributed by atoms with Crippen molar-refractivity contribution in [1.29, 1.82) is 0 Å². The summed E-state index contributed by atoms with van der Waals surface area (Å²) in [6.45, 7) is -5.56. The van der Waals surface area contributed by atoms with Gasteiger partial charge in [0.1, 0.15) is 146 Å². The predicted octanol–water partition coefficient (Wildman–Crippen LogP) is -11.2. The summed E-state index contributed by atoms with van der Waals surface area (Å²) >= 11 is 0. The van der Waals surface area contributed by atoms with E-state index in [1.54, 1.807) is 0 Å². The van der Waals surface area contributed by atoms with E-state index in [9.17, 15) is 86.8 Å². The Morgan fingerprint density at radius 1 is 0.329 bits per heavy atom. The molecule has 0 unspecified atom stereocenters. The fraction of sp³-hybridized carbons (Fsp3) is 0.867. The molecule has 31 nitrogen and oxygen atoms in total. The van der Waals surface area contributed by atoms with Crippen LogP contribution in [0, 0.1) is 0 Å². The maximum absolute atomic E-state index is 12.0. The van der Waals surface area contributed by atoms with E-state index in [0.29, 0.717) is 6.54 Å². The quantitative estimate of drug-likeness (QED) is 0.0864. The normalized spacial score (nSPS) is 49.6. The van der Waals surface area contributed by atoms with Gasteiger partial charge in [-0.1, -0.05) is 30.3 Å². The van der Waals surface area contributed by atoms with E-state index in [-0.39, 0.29) is 13.2 Å². The van der Waals surface area contributed by atoms with Gasteiger partial charge >= 0.3 is 0 Å². The first-order valence-electron chi connectivity index (χ1n) is 24.8. The highest BCUT2D eigenvalue weighted by atomic mass is 16.8. The fourth-order valence-electron chi connectivity index (χ4n) is 10.2. The Labute approximate surface area is 432 Å². The first-order valence-corrected chi connectivity index (χ1v) is 24.8. The largest absolute Gasteiger partial charge is 0.394 e. The maximum Gasteiger partial charge on any atom is 0.187 e. The molecule has 436 valence electrons. The van der Waals surface area contributed by atoms with Crippen LogP contribution in [0.1, 0.15) is 5.56 Å². The highest BCUT2D eigenvalue weighted by Crippen LogP contribution is 2.38. The van der Waals surface area contributed by atoms with Gasteiger partial charge in [0.2, 0.25) is 0 Å². The third kappa shape index (κ3) is 12.6. The Balaban J connectivity index is 1.10. The molecule has 0 saturated carbocycles. The maximum atomic E-state index is 12.0. The highest BCUT2D eigenvalue weighted by Gasteiger charge is 2.59. The van der Waals surface area contributed by atoms with E-state index in [2.05, 4.69) is 5.32 Å². The number of aliphatic hydroxyl groups is 17. The van der Waals surface area contributed by atoms with Gasteiger partial charge in [-0.2, -0.15) is 0 Å². The zero-order valence-corrected chi connectivity index (χ0v) is 40.5. The molecule has 1 aromatic rings. The van der Waals surface area contributed by atoms with E-state index >= 15 is 0 Å². The van der Waals surface area contributed by atoms with E-state index in [1.165, 1.54) is 0 Å². The van der Waals surface area contributed by atoms with Gasteiger partial charge in [-0.3, -0.25) is 0 Å². The number of ether oxygens (including phenoxy) is 13. The number of rotatable bonds is 12. The molecular formula is C45H71NO30. The van der Waals surface area contributed by atoms with Crippen molar-refractivity contribution in [2.45, 2.75) is 191 Å². The van der Waals surface area contributed by atoms with Gasteiger partial charge < -0.3 is 154 Å². The van der Waals surface area contributed by atoms with E-state index < -0.39 is 224 Å². The summed E-state index contributed by atoms with van der Waals surface area (Å²) in [6, 6.07) is 9.25. The van der Waals surface area contributed by atoms with Gasteiger partial charge in [-0.15, -0.1) is 0 Å². The van der Waals surface area contributed by atoms with Crippen LogP contribution < -0.4 is 5.32 Å². The zero-order valence-electron chi connectivity index (χ0n) is 40.5. The summed E-state index contributed by atoms with van der Waals surface area (Å²) in [6.07, 6.45) is -57.3. The second-order valence-corrected chi connectivity index (χ2v) is 19.4. The molecule has 12 bridgehead atoms. The Hall–Kier alpha value is -2.02. The van der Waals surface area contributed by atoms with Gasteiger partial charge in [-0.25, -0.2) is 0 Å². The van der Waals surface area contributed by atoms with Gasteiger partial charge in [-0.05, 0) is 5.56 Å². The Kier molecular flexibility index (Phi) is 21.1. The molecule has 22 saturated heterocycles. The van der Waals surface area contributed by atoms with Crippen LogP contribution in [0.4, 0.5) is 0 Å². The summed E-state index contributed by atoms with van der Waals surface area (Å²) in [4.78, 5) is 0. The van der Waals surface area contributed by atoms with E-state index in [0.717, 1.165) is 5.56 Å². The summed E-state index contributed by atoms with van der Waals surface area (Å²) < 4.78 is 76.0. The lowest BCUT2D eigenvalue weighted by molar-refractivity contribution is -0.405. The molecule has 31 heteroatoms. The van der Waals surface area contributed by atoms with Crippen molar-refractivity contribution in [3.05, 3.63) is 35.9 Å². The van der Waals surface area contributed by atoms with Gasteiger partial charge in [0.25, 0.3) is 0 Å². The predicted molar refractivity (Wildman–Crippen MR) is 238 cm³/mol. The second-order valence-electron chi connectivity index (χ2n) is 19.4. The Morgan fingerprint density at radius 3 is 0.882 bits per heavy atom. The molecule has 30 atom stereocenters. The third-order valence-corrected chi connectivity index (χ3v) is 14.4. The lowest BCUT2D eigenvalue weighted by Crippen LogP contribution is -2.69. The average molecular weight is 1110 g/mol. The fourth-order valence-corrected chi connectivity index (χ4v) is 10.2. The van der Waals surface area contributed by atoms with E-state index in [1.807, 2.05) is 30.3 Å². The summed E-state index contributed by atoms with van der Waals surface area (Å²) in [7, 11) is 0. The molecule has 0 spiro atoms. The van der Waals surface area contributed by atoms with Crippen LogP contribution in [-0.2, 0) is 68.1 Å². The molecule has 0 radical (unpaired) electrons. The Morgan fingerprint density at radius 2 is 0.592 bits per heavy atom. The van der Waals surface area contributed by atoms with Crippen LogP contribution in [0.15, 0.2) is 30.3 Å². The first-order chi connectivity index (χ1) is 36.5. The standard InChI is InChI=1S/C45H71NO30/c47-9-16-33-22(53)27(58)40(65-16)71-34-17(10-48)66-42(28(59)23(34)54)73-36-19(12-50)68-44(30(61)25(36)56)75-38-21(14-52)70-45(39(32(38)63)64-7-6-46-8-15-4-2-1-3-5-15)76-37-20(13-51)69-43(31(62)26(37)57)74-35-18(11-49)67-41(72-33)29(60)24(35)55/h1-5,16-63H,6-14H2/t16-,17-,18-,19-,20-,21-,22-,23-,24-,25-,26-,27-,28-,29-,30-,31-,32+,33-,34-,35-,36-,37-,38-,39+,40-,41-,42-,43-,44-,45-/m1/s1. The first kappa shape index (κ1) is 60.1.